The lowest BCUT2D eigenvalue weighted by atomic mass is 9.99. The van der Waals surface area contributed by atoms with Gasteiger partial charge in [-0.15, -0.1) is 0 Å². The van der Waals surface area contributed by atoms with Gasteiger partial charge in [-0.2, -0.15) is 0 Å². The van der Waals surface area contributed by atoms with Crippen LogP contribution in [0.2, 0.25) is 0 Å². The summed E-state index contributed by atoms with van der Waals surface area (Å²) < 4.78 is 0. The molecule has 0 N–H and O–H groups in total. The van der Waals surface area contributed by atoms with Crippen LogP contribution >= 0.6 is 7.26 Å². The van der Waals surface area contributed by atoms with E-state index in [1.165, 1.54) is 81.0 Å². The number of nitrogens with zero attached hydrogens (tertiary/aromatic N) is 1. The van der Waals surface area contributed by atoms with E-state index in [1.54, 1.807) is 5.30 Å². The van der Waals surface area contributed by atoms with Gasteiger partial charge in [0.25, 0.3) is 0 Å². The highest BCUT2D eigenvalue weighted by Gasteiger charge is 2.57. The summed E-state index contributed by atoms with van der Waals surface area (Å²) in [5.74, 6) is 0. The van der Waals surface area contributed by atoms with Gasteiger partial charge in [-0.3, -0.25) is 0 Å². The zero-order valence-corrected chi connectivity index (χ0v) is 21.2. The molecule has 4 rings (SSSR count). The van der Waals surface area contributed by atoms with Crippen molar-refractivity contribution in [3.05, 3.63) is 48.5 Å². The fraction of sp³-hybridized carbons (Fsp3) is 0.586. The van der Waals surface area contributed by atoms with Crippen molar-refractivity contribution in [2.24, 2.45) is 0 Å². The first-order valence-electron chi connectivity index (χ1n) is 12.8. The molecular weight excluding hydrogens is 393 g/mol. The molecule has 2 aliphatic carbocycles. The molecule has 0 aromatic heterocycles. The van der Waals surface area contributed by atoms with E-state index in [-0.39, 0.29) is 0 Å². The maximum atomic E-state index is 2.59. The van der Waals surface area contributed by atoms with Crippen molar-refractivity contribution in [3.8, 4) is 11.1 Å². The van der Waals surface area contributed by atoms with E-state index in [1.807, 2.05) is 0 Å². The number of anilines is 1. The van der Waals surface area contributed by atoms with E-state index >= 15 is 0 Å². The summed E-state index contributed by atoms with van der Waals surface area (Å²) in [5, 5.41) is 1.76. The molecule has 2 aromatic rings. The van der Waals surface area contributed by atoms with Crippen LogP contribution in [-0.4, -0.2) is 31.1 Å². The van der Waals surface area contributed by atoms with E-state index < -0.39 is 7.26 Å². The van der Waals surface area contributed by atoms with Crippen molar-refractivity contribution in [2.75, 3.05) is 19.0 Å². The van der Waals surface area contributed by atoms with E-state index in [9.17, 15) is 0 Å². The van der Waals surface area contributed by atoms with Crippen LogP contribution in [-0.2, 0) is 0 Å². The predicted octanol–water partition coefficient (Wildman–Crippen LogP) is 8.14. The summed E-state index contributed by atoms with van der Waals surface area (Å²) >= 11 is 0. The first-order chi connectivity index (χ1) is 15.1. The Hall–Kier alpha value is -1.33. The topological polar surface area (TPSA) is 3.24 Å². The monoisotopic (exact) mass is 436 g/mol. The molecule has 2 fully saturated rings. The molecule has 0 heterocycles. The number of hydrogen-bond acceptors (Lipinski definition) is 1. The van der Waals surface area contributed by atoms with Crippen LogP contribution in [0, 0.1) is 0 Å². The third kappa shape index (κ3) is 4.32. The van der Waals surface area contributed by atoms with E-state index in [0.29, 0.717) is 0 Å². The maximum Gasteiger partial charge on any atom is 0.103 e. The van der Waals surface area contributed by atoms with Gasteiger partial charge >= 0.3 is 0 Å². The number of rotatable bonds is 6. The van der Waals surface area contributed by atoms with Crippen molar-refractivity contribution in [3.63, 3.8) is 0 Å². The Labute approximate surface area is 192 Å². The standard InChI is InChI=1S/C29H43NP/c1-23(2)31(24-15-7-5-8-16-24,25-17-9-6-10-18-25)29-22-14-12-20-27(29)26-19-11-13-21-28(26)30(3)4/h11-14,19-25H,5-10,15-18H2,1-4H3/q+1. The second-order valence-electron chi connectivity index (χ2n) is 10.4. The minimum Gasteiger partial charge on any atom is -0.377 e. The summed E-state index contributed by atoms with van der Waals surface area (Å²) in [4.78, 5) is 2.29. The normalized spacial score (nSPS) is 19.0. The summed E-state index contributed by atoms with van der Waals surface area (Å²) in [6.45, 7) is 5.18. The summed E-state index contributed by atoms with van der Waals surface area (Å²) in [5.41, 5.74) is 6.94. The molecule has 0 bridgehead atoms. The van der Waals surface area contributed by atoms with Gasteiger partial charge in [0.15, 0.2) is 0 Å². The van der Waals surface area contributed by atoms with E-state index in [0.717, 1.165) is 17.0 Å². The Kier molecular flexibility index (Phi) is 7.43. The molecule has 2 aliphatic rings. The van der Waals surface area contributed by atoms with Crippen LogP contribution in [0.1, 0.15) is 78.1 Å². The maximum absolute atomic E-state index is 2.59. The van der Waals surface area contributed by atoms with Gasteiger partial charge in [0, 0.05) is 30.9 Å². The molecule has 2 aromatic carbocycles. The predicted molar refractivity (Wildman–Crippen MR) is 142 cm³/mol. The molecule has 0 amide bonds. The molecule has 31 heavy (non-hydrogen) atoms. The fourth-order valence-electron chi connectivity index (χ4n) is 6.96. The van der Waals surface area contributed by atoms with Crippen LogP contribution < -0.4 is 10.2 Å². The van der Waals surface area contributed by atoms with Gasteiger partial charge in [-0.1, -0.05) is 49.2 Å². The van der Waals surface area contributed by atoms with Crippen LogP contribution in [0.4, 0.5) is 5.69 Å². The highest BCUT2D eigenvalue weighted by atomic mass is 31.2. The van der Waals surface area contributed by atoms with Gasteiger partial charge in [0.05, 0.1) is 24.2 Å². The number of hydrogen-bond donors (Lipinski definition) is 0. The summed E-state index contributed by atoms with van der Waals surface area (Å²) in [7, 11) is 3.04. The first-order valence-corrected chi connectivity index (χ1v) is 14.8. The molecule has 0 unspecified atom stereocenters. The molecular formula is C29H43NP+. The van der Waals surface area contributed by atoms with E-state index in [4.69, 9.17) is 0 Å². The second-order valence-corrected chi connectivity index (χ2v) is 15.1. The average Bonchev–Trinajstić information content (AvgIpc) is 2.81. The molecule has 1 nitrogen and oxygen atoms in total. The average molecular weight is 437 g/mol. The van der Waals surface area contributed by atoms with E-state index in [2.05, 4.69) is 81.4 Å². The quantitative estimate of drug-likeness (QED) is 0.413. The highest BCUT2D eigenvalue weighted by molar-refractivity contribution is 7.85. The van der Waals surface area contributed by atoms with Crippen LogP contribution in [0.5, 0.6) is 0 Å². The van der Waals surface area contributed by atoms with Crippen molar-refractivity contribution in [2.45, 2.75) is 95.0 Å². The number of para-hydroxylation sites is 1. The Bertz CT molecular complexity index is 825. The SMILES string of the molecule is CC(C)[P+](c1ccccc1-c1ccccc1N(C)C)(C1CCCCC1)C1CCCCC1. The van der Waals surface area contributed by atoms with Crippen LogP contribution in [0.15, 0.2) is 48.5 Å². The molecule has 168 valence electrons. The van der Waals surface area contributed by atoms with Gasteiger partial charge < -0.3 is 4.90 Å². The summed E-state index contributed by atoms with van der Waals surface area (Å²) in [6, 6.07) is 18.7. The van der Waals surface area contributed by atoms with Gasteiger partial charge in [-0.25, -0.2) is 0 Å². The Morgan fingerprint density at radius 2 is 1.16 bits per heavy atom. The van der Waals surface area contributed by atoms with Crippen molar-refractivity contribution >= 4 is 18.3 Å². The van der Waals surface area contributed by atoms with Gasteiger partial charge in [-0.05, 0) is 77.3 Å². The van der Waals surface area contributed by atoms with Gasteiger partial charge in [0.1, 0.15) is 5.30 Å². The summed E-state index contributed by atoms with van der Waals surface area (Å²) in [6.07, 6.45) is 14.5. The Morgan fingerprint density at radius 1 is 0.677 bits per heavy atom. The lowest BCUT2D eigenvalue weighted by Gasteiger charge is -2.46. The molecule has 0 radical (unpaired) electrons. The second kappa shape index (κ2) is 10.1. The molecule has 0 spiro atoms. The Balaban J connectivity index is 1.94. The van der Waals surface area contributed by atoms with Gasteiger partial charge in [0.2, 0.25) is 0 Å². The van der Waals surface area contributed by atoms with Crippen molar-refractivity contribution in [1.29, 1.82) is 0 Å². The molecule has 2 heteroatoms. The van der Waals surface area contributed by atoms with Crippen molar-refractivity contribution < 1.29 is 0 Å². The number of benzene rings is 2. The molecule has 0 aliphatic heterocycles. The third-order valence-corrected chi connectivity index (χ3v) is 14.6. The zero-order valence-electron chi connectivity index (χ0n) is 20.3. The van der Waals surface area contributed by atoms with Crippen molar-refractivity contribution in [1.82, 2.24) is 0 Å². The Morgan fingerprint density at radius 3 is 1.68 bits per heavy atom. The minimum absolute atomic E-state index is 0.770. The minimum atomic E-state index is -1.34. The molecule has 0 saturated heterocycles. The molecule has 2 saturated carbocycles. The van der Waals surface area contributed by atoms with Crippen LogP contribution in [0.25, 0.3) is 11.1 Å². The third-order valence-electron chi connectivity index (χ3n) is 8.21. The fourth-order valence-corrected chi connectivity index (χ4v) is 14.0. The smallest absolute Gasteiger partial charge is 0.103 e. The lowest BCUT2D eigenvalue weighted by Crippen LogP contribution is -2.39. The largest absolute Gasteiger partial charge is 0.377 e. The zero-order chi connectivity index (χ0) is 21.8. The molecule has 0 atom stereocenters. The first kappa shape index (κ1) is 22.8. The lowest BCUT2D eigenvalue weighted by molar-refractivity contribution is 0.478. The van der Waals surface area contributed by atoms with Crippen LogP contribution in [0.3, 0.4) is 0 Å². The highest BCUT2D eigenvalue weighted by Crippen LogP contribution is 2.75.